The van der Waals surface area contributed by atoms with Crippen molar-refractivity contribution in [2.24, 2.45) is 5.73 Å². The second-order valence-corrected chi connectivity index (χ2v) is 4.90. The Kier molecular flexibility index (Phi) is 3.85. The van der Waals surface area contributed by atoms with Gasteiger partial charge in [-0.15, -0.1) is 0 Å². The number of urea groups is 1. The Morgan fingerprint density at radius 3 is 2.68 bits per heavy atom. The Hall–Kier alpha value is -1.88. The molecule has 0 radical (unpaired) electrons. The lowest BCUT2D eigenvalue weighted by Crippen LogP contribution is -2.36. The molecule has 2 rings (SSSR count). The normalized spacial score (nSPS) is 15.5. The Morgan fingerprint density at radius 1 is 1.37 bits per heavy atom. The summed E-state index contributed by atoms with van der Waals surface area (Å²) in [5, 5.41) is 0. The maximum Gasteiger partial charge on any atom is 0.324 e. The molecule has 1 heterocycles. The van der Waals surface area contributed by atoms with Crippen LogP contribution < -0.4 is 10.6 Å². The molecule has 0 aliphatic carbocycles. The summed E-state index contributed by atoms with van der Waals surface area (Å²) < 4.78 is 0. The molecule has 2 N–H and O–H groups in total. The van der Waals surface area contributed by atoms with Crippen molar-refractivity contribution in [2.75, 3.05) is 24.5 Å². The van der Waals surface area contributed by atoms with Gasteiger partial charge in [-0.25, -0.2) is 4.79 Å². The molecule has 0 aromatic heterocycles. The van der Waals surface area contributed by atoms with Gasteiger partial charge in [0.2, 0.25) is 0 Å². The Morgan fingerprint density at radius 2 is 2.11 bits per heavy atom. The number of Topliss-reactive ketones (excluding diaryl/α,β-unsaturated/α-hetero) is 1. The van der Waals surface area contributed by atoms with Crippen LogP contribution >= 0.6 is 0 Å². The molecular weight excluding hydrogens is 242 g/mol. The fourth-order valence-corrected chi connectivity index (χ4v) is 2.24. The number of nitrogens with two attached hydrogens (primary N) is 1. The standard InChI is InChI=1S/C14H19N3O2/c1-10(2)16-6-7-17(14(16)19)12-5-3-4-11(8-12)13(18)9-15/h3-5,8,10H,6-7,9,15H2,1-2H3. The molecule has 0 unspecified atom stereocenters. The molecule has 1 fully saturated rings. The lowest BCUT2D eigenvalue weighted by Gasteiger charge is -2.22. The van der Waals surface area contributed by atoms with Crippen molar-refractivity contribution in [3.63, 3.8) is 0 Å². The first-order valence-electron chi connectivity index (χ1n) is 6.46. The number of rotatable bonds is 4. The maximum absolute atomic E-state index is 12.2. The zero-order valence-corrected chi connectivity index (χ0v) is 11.3. The first-order chi connectivity index (χ1) is 9.04. The number of carbonyl (C=O) groups excluding carboxylic acids is 2. The van der Waals surface area contributed by atoms with Crippen molar-refractivity contribution in [1.29, 1.82) is 0 Å². The first kappa shape index (κ1) is 13.5. The quantitative estimate of drug-likeness (QED) is 0.835. The third-order valence-electron chi connectivity index (χ3n) is 3.33. The minimum absolute atomic E-state index is 0.00709. The van der Waals surface area contributed by atoms with Crippen molar-refractivity contribution in [3.05, 3.63) is 29.8 Å². The fourth-order valence-electron chi connectivity index (χ4n) is 2.24. The number of hydrogen-bond donors (Lipinski definition) is 1. The number of carbonyl (C=O) groups is 2. The van der Waals surface area contributed by atoms with Crippen LogP contribution in [0.15, 0.2) is 24.3 Å². The van der Waals surface area contributed by atoms with Crippen LogP contribution in [0.5, 0.6) is 0 Å². The van der Waals surface area contributed by atoms with Crippen molar-refractivity contribution in [1.82, 2.24) is 4.90 Å². The molecule has 1 aromatic rings. The number of anilines is 1. The average molecular weight is 261 g/mol. The van der Waals surface area contributed by atoms with E-state index in [0.29, 0.717) is 18.7 Å². The summed E-state index contributed by atoms with van der Waals surface area (Å²) in [5.74, 6) is -0.116. The van der Waals surface area contributed by atoms with E-state index in [9.17, 15) is 9.59 Å². The van der Waals surface area contributed by atoms with Crippen LogP contribution in [0.3, 0.4) is 0 Å². The van der Waals surface area contributed by atoms with E-state index in [1.807, 2.05) is 24.8 Å². The molecule has 0 saturated carbocycles. The maximum atomic E-state index is 12.2. The van der Waals surface area contributed by atoms with Gasteiger partial charge in [0.15, 0.2) is 5.78 Å². The van der Waals surface area contributed by atoms with Gasteiger partial charge >= 0.3 is 6.03 Å². The van der Waals surface area contributed by atoms with E-state index in [1.54, 1.807) is 23.1 Å². The lowest BCUT2D eigenvalue weighted by atomic mass is 10.1. The van der Waals surface area contributed by atoms with E-state index in [0.717, 1.165) is 5.69 Å². The molecule has 0 atom stereocenters. The van der Waals surface area contributed by atoms with Crippen LogP contribution in [0, 0.1) is 0 Å². The van der Waals surface area contributed by atoms with Crippen LogP contribution in [-0.4, -0.2) is 42.4 Å². The molecule has 1 aliphatic heterocycles. The predicted molar refractivity (Wildman–Crippen MR) is 74.4 cm³/mol. The molecule has 5 heteroatoms. The summed E-state index contributed by atoms with van der Waals surface area (Å²) in [6.07, 6.45) is 0. The van der Waals surface area contributed by atoms with Crippen LogP contribution in [0.1, 0.15) is 24.2 Å². The molecule has 1 aliphatic rings. The molecule has 0 bridgehead atoms. The predicted octanol–water partition coefficient (Wildman–Crippen LogP) is 1.48. The van der Waals surface area contributed by atoms with Crippen LogP contribution in [0.2, 0.25) is 0 Å². The summed E-state index contributed by atoms with van der Waals surface area (Å²) in [7, 11) is 0. The SMILES string of the molecule is CC(C)N1CCN(c2cccc(C(=O)CN)c2)C1=O. The summed E-state index contributed by atoms with van der Waals surface area (Å²) in [6.45, 7) is 5.34. The number of nitrogens with zero attached hydrogens (tertiary/aromatic N) is 2. The molecule has 5 nitrogen and oxygen atoms in total. The number of hydrogen-bond acceptors (Lipinski definition) is 3. The molecule has 0 spiro atoms. The largest absolute Gasteiger partial charge is 0.324 e. The van der Waals surface area contributed by atoms with Gasteiger partial charge in [-0.1, -0.05) is 12.1 Å². The van der Waals surface area contributed by atoms with Crippen LogP contribution in [0.25, 0.3) is 0 Å². The highest BCUT2D eigenvalue weighted by Crippen LogP contribution is 2.22. The summed E-state index contributed by atoms with van der Waals surface area (Å²) in [6, 6.07) is 7.26. The minimum atomic E-state index is -0.116. The number of benzene rings is 1. The highest BCUT2D eigenvalue weighted by Gasteiger charge is 2.31. The van der Waals surface area contributed by atoms with Crippen molar-refractivity contribution in [2.45, 2.75) is 19.9 Å². The van der Waals surface area contributed by atoms with Crippen molar-refractivity contribution < 1.29 is 9.59 Å². The van der Waals surface area contributed by atoms with Gasteiger partial charge in [0.25, 0.3) is 0 Å². The second-order valence-electron chi connectivity index (χ2n) is 4.90. The average Bonchev–Trinajstić information content (AvgIpc) is 2.80. The van der Waals surface area contributed by atoms with Gasteiger partial charge in [0.1, 0.15) is 0 Å². The molecular formula is C14H19N3O2. The van der Waals surface area contributed by atoms with E-state index in [4.69, 9.17) is 5.73 Å². The van der Waals surface area contributed by atoms with Crippen LogP contribution in [-0.2, 0) is 0 Å². The third-order valence-corrected chi connectivity index (χ3v) is 3.33. The molecule has 1 saturated heterocycles. The van der Waals surface area contributed by atoms with E-state index in [1.165, 1.54) is 0 Å². The highest BCUT2D eigenvalue weighted by atomic mass is 16.2. The molecule has 2 amide bonds. The topological polar surface area (TPSA) is 66.6 Å². The molecule has 102 valence electrons. The zero-order chi connectivity index (χ0) is 14.0. The molecule has 1 aromatic carbocycles. The van der Waals surface area contributed by atoms with Gasteiger partial charge in [-0.2, -0.15) is 0 Å². The Balaban J connectivity index is 2.24. The van der Waals surface area contributed by atoms with Gasteiger partial charge < -0.3 is 10.6 Å². The minimum Gasteiger partial charge on any atom is -0.324 e. The Labute approximate surface area is 113 Å². The van der Waals surface area contributed by atoms with Gasteiger partial charge in [0, 0.05) is 30.4 Å². The van der Waals surface area contributed by atoms with Crippen molar-refractivity contribution >= 4 is 17.5 Å². The second kappa shape index (κ2) is 5.40. The van der Waals surface area contributed by atoms with E-state index in [2.05, 4.69) is 0 Å². The van der Waals surface area contributed by atoms with E-state index < -0.39 is 0 Å². The number of ketones is 1. The first-order valence-corrected chi connectivity index (χ1v) is 6.46. The van der Waals surface area contributed by atoms with E-state index >= 15 is 0 Å². The summed E-state index contributed by atoms with van der Waals surface area (Å²) in [5.41, 5.74) is 6.67. The van der Waals surface area contributed by atoms with Gasteiger partial charge in [-0.05, 0) is 26.0 Å². The smallest absolute Gasteiger partial charge is 0.324 e. The monoisotopic (exact) mass is 261 g/mol. The fraction of sp³-hybridized carbons (Fsp3) is 0.429. The van der Waals surface area contributed by atoms with Crippen LogP contribution in [0.4, 0.5) is 10.5 Å². The summed E-state index contributed by atoms with van der Waals surface area (Å²) >= 11 is 0. The summed E-state index contributed by atoms with van der Waals surface area (Å²) in [4.78, 5) is 27.4. The van der Waals surface area contributed by atoms with E-state index in [-0.39, 0.29) is 24.4 Å². The number of amides is 2. The van der Waals surface area contributed by atoms with Gasteiger partial charge in [0.05, 0.1) is 6.54 Å². The highest BCUT2D eigenvalue weighted by molar-refractivity contribution is 6.00. The lowest BCUT2D eigenvalue weighted by molar-refractivity contribution is 0.100. The van der Waals surface area contributed by atoms with Crippen molar-refractivity contribution in [3.8, 4) is 0 Å². The third kappa shape index (κ3) is 2.61. The zero-order valence-electron chi connectivity index (χ0n) is 11.3. The molecule has 19 heavy (non-hydrogen) atoms. The van der Waals surface area contributed by atoms with Gasteiger partial charge in [-0.3, -0.25) is 9.69 Å². The Bertz CT molecular complexity index is 499.